The SMILES string of the molecule is O=C(O)c1ccc(C#Cc2ccc(C#Cc3ccccc3)cc2)cc1C(=O)O. The highest BCUT2D eigenvalue weighted by molar-refractivity contribution is 6.01. The molecule has 0 atom stereocenters. The number of carbonyl (C=O) groups is 2. The molecule has 4 heteroatoms. The first kappa shape index (κ1) is 18.5. The minimum atomic E-state index is -1.30. The second kappa shape index (κ2) is 8.40. The van der Waals surface area contributed by atoms with E-state index in [2.05, 4.69) is 23.7 Å². The first-order valence-electron chi connectivity index (χ1n) is 8.33. The quantitative estimate of drug-likeness (QED) is 0.675. The lowest BCUT2D eigenvalue weighted by atomic mass is 10.0. The van der Waals surface area contributed by atoms with Crippen molar-refractivity contribution in [1.82, 2.24) is 0 Å². The fourth-order valence-electron chi connectivity index (χ4n) is 2.43. The number of rotatable bonds is 2. The zero-order chi connectivity index (χ0) is 19.9. The number of carboxylic acid groups (broad SMARTS) is 2. The summed E-state index contributed by atoms with van der Waals surface area (Å²) in [5, 5.41) is 18.2. The van der Waals surface area contributed by atoms with Crippen molar-refractivity contribution in [2.45, 2.75) is 0 Å². The van der Waals surface area contributed by atoms with Crippen LogP contribution in [0.15, 0.2) is 72.8 Å². The van der Waals surface area contributed by atoms with E-state index in [0.29, 0.717) is 5.56 Å². The second-order valence-corrected chi connectivity index (χ2v) is 5.81. The van der Waals surface area contributed by atoms with Crippen LogP contribution < -0.4 is 0 Å². The van der Waals surface area contributed by atoms with E-state index < -0.39 is 11.9 Å². The van der Waals surface area contributed by atoms with Crippen LogP contribution in [0.5, 0.6) is 0 Å². The Morgan fingerprint density at radius 2 is 0.964 bits per heavy atom. The molecule has 3 aromatic carbocycles. The summed E-state index contributed by atoms with van der Waals surface area (Å²) in [6, 6.07) is 21.0. The Morgan fingerprint density at radius 1 is 0.536 bits per heavy atom. The molecule has 3 aromatic rings. The maximum absolute atomic E-state index is 11.2. The van der Waals surface area contributed by atoms with Gasteiger partial charge in [0.15, 0.2) is 0 Å². The number of aromatic carboxylic acids is 2. The molecule has 134 valence electrons. The van der Waals surface area contributed by atoms with Crippen LogP contribution in [-0.4, -0.2) is 22.2 Å². The highest BCUT2D eigenvalue weighted by atomic mass is 16.4. The molecule has 0 aliphatic heterocycles. The summed E-state index contributed by atoms with van der Waals surface area (Å²) < 4.78 is 0. The van der Waals surface area contributed by atoms with Gasteiger partial charge in [0.25, 0.3) is 0 Å². The minimum Gasteiger partial charge on any atom is -0.478 e. The van der Waals surface area contributed by atoms with Gasteiger partial charge in [-0.2, -0.15) is 0 Å². The third-order valence-electron chi connectivity index (χ3n) is 3.84. The molecule has 0 saturated heterocycles. The van der Waals surface area contributed by atoms with Crippen LogP contribution in [-0.2, 0) is 0 Å². The molecule has 0 aliphatic carbocycles. The fraction of sp³-hybridized carbons (Fsp3) is 0. The molecule has 4 nitrogen and oxygen atoms in total. The van der Waals surface area contributed by atoms with E-state index in [9.17, 15) is 9.59 Å². The summed E-state index contributed by atoms with van der Waals surface area (Å²) in [6.07, 6.45) is 0. The normalized spacial score (nSPS) is 9.43. The molecule has 28 heavy (non-hydrogen) atoms. The largest absolute Gasteiger partial charge is 0.478 e. The number of hydrogen-bond donors (Lipinski definition) is 2. The van der Waals surface area contributed by atoms with E-state index in [1.54, 1.807) is 0 Å². The van der Waals surface area contributed by atoms with Gasteiger partial charge in [0.1, 0.15) is 0 Å². The minimum absolute atomic E-state index is 0.264. The van der Waals surface area contributed by atoms with Gasteiger partial charge in [0, 0.05) is 22.3 Å². The van der Waals surface area contributed by atoms with Gasteiger partial charge in [-0.3, -0.25) is 0 Å². The Hall–Kier alpha value is -4.28. The van der Waals surface area contributed by atoms with Crippen molar-refractivity contribution in [3.63, 3.8) is 0 Å². The van der Waals surface area contributed by atoms with E-state index in [0.717, 1.165) is 16.7 Å². The van der Waals surface area contributed by atoms with Gasteiger partial charge in [-0.1, -0.05) is 41.9 Å². The van der Waals surface area contributed by atoms with Crippen molar-refractivity contribution in [1.29, 1.82) is 0 Å². The van der Waals surface area contributed by atoms with E-state index in [1.165, 1.54) is 18.2 Å². The van der Waals surface area contributed by atoms with E-state index >= 15 is 0 Å². The van der Waals surface area contributed by atoms with Crippen LogP contribution in [0.1, 0.15) is 43.0 Å². The highest BCUT2D eigenvalue weighted by Crippen LogP contribution is 2.12. The predicted octanol–water partition coefficient (Wildman–Crippen LogP) is 3.88. The monoisotopic (exact) mass is 366 g/mol. The molecule has 2 N–H and O–H groups in total. The van der Waals surface area contributed by atoms with Crippen molar-refractivity contribution < 1.29 is 19.8 Å². The zero-order valence-electron chi connectivity index (χ0n) is 14.6. The predicted molar refractivity (Wildman–Crippen MR) is 105 cm³/mol. The third kappa shape index (κ3) is 4.66. The lowest BCUT2D eigenvalue weighted by Gasteiger charge is -2.01. The smallest absolute Gasteiger partial charge is 0.336 e. The summed E-state index contributed by atoms with van der Waals surface area (Å²) in [7, 11) is 0. The second-order valence-electron chi connectivity index (χ2n) is 5.81. The van der Waals surface area contributed by atoms with Crippen molar-refractivity contribution >= 4 is 11.9 Å². The molecule has 0 spiro atoms. The zero-order valence-corrected chi connectivity index (χ0v) is 14.6. The van der Waals surface area contributed by atoms with Crippen molar-refractivity contribution in [3.05, 3.63) is 106 Å². The van der Waals surface area contributed by atoms with Gasteiger partial charge in [0.05, 0.1) is 11.1 Å². The molecule has 3 rings (SSSR count). The van der Waals surface area contributed by atoms with Gasteiger partial charge in [-0.05, 0) is 54.6 Å². The van der Waals surface area contributed by atoms with Crippen LogP contribution in [0, 0.1) is 23.7 Å². The van der Waals surface area contributed by atoms with Gasteiger partial charge >= 0.3 is 11.9 Å². The molecule has 0 bridgehead atoms. The average Bonchev–Trinajstić information content (AvgIpc) is 2.72. The Morgan fingerprint density at radius 3 is 1.46 bits per heavy atom. The molecule has 0 aromatic heterocycles. The first-order valence-corrected chi connectivity index (χ1v) is 8.33. The number of carboxylic acids is 2. The summed E-state index contributed by atoms with van der Waals surface area (Å²) in [6.45, 7) is 0. The van der Waals surface area contributed by atoms with Crippen LogP contribution in [0.25, 0.3) is 0 Å². The molecule has 0 amide bonds. The Kier molecular flexibility index (Phi) is 5.55. The number of benzene rings is 3. The van der Waals surface area contributed by atoms with Crippen LogP contribution >= 0.6 is 0 Å². The fourth-order valence-corrected chi connectivity index (χ4v) is 2.43. The van der Waals surface area contributed by atoms with Crippen LogP contribution in [0.2, 0.25) is 0 Å². The van der Waals surface area contributed by atoms with Gasteiger partial charge in [0.2, 0.25) is 0 Å². The highest BCUT2D eigenvalue weighted by Gasteiger charge is 2.15. The van der Waals surface area contributed by atoms with Gasteiger partial charge < -0.3 is 10.2 Å². The molecule has 0 saturated carbocycles. The lowest BCUT2D eigenvalue weighted by molar-refractivity contribution is 0.0651. The average molecular weight is 366 g/mol. The Labute approximate surface area is 162 Å². The maximum atomic E-state index is 11.2. The third-order valence-corrected chi connectivity index (χ3v) is 3.84. The summed E-state index contributed by atoms with van der Waals surface area (Å²) >= 11 is 0. The molecule has 0 heterocycles. The van der Waals surface area contributed by atoms with Gasteiger partial charge in [-0.25, -0.2) is 9.59 Å². The molecular weight excluding hydrogens is 352 g/mol. The molecule has 0 fully saturated rings. The summed E-state index contributed by atoms with van der Waals surface area (Å²) in [5.74, 6) is 9.36. The topological polar surface area (TPSA) is 74.6 Å². The molecule has 0 unspecified atom stereocenters. The van der Waals surface area contributed by atoms with Crippen molar-refractivity contribution in [2.24, 2.45) is 0 Å². The van der Waals surface area contributed by atoms with Crippen LogP contribution in [0.4, 0.5) is 0 Å². The standard InChI is InChI=1S/C24H14O4/c25-23(26)21-15-14-20(16-22(21)24(27)28)13-12-19-10-8-18(9-11-19)7-6-17-4-2-1-3-5-17/h1-5,8-11,14-16H,(H,25,26)(H,27,28). The molecular formula is C24H14O4. The molecule has 0 radical (unpaired) electrons. The van der Waals surface area contributed by atoms with Crippen molar-refractivity contribution in [3.8, 4) is 23.7 Å². The van der Waals surface area contributed by atoms with E-state index in [1.807, 2.05) is 54.6 Å². The first-order chi connectivity index (χ1) is 13.5. The van der Waals surface area contributed by atoms with E-state index in [4.69, 9.17) is 10.2 Å². The van der Waals surface area contributed by atoms with Crippen LogP contribution in [0.3, 0.4) is 0 Å². The summed E-state index contributed by atoms with van der Waals surface area (Å²) in [4.78, 5) is 22.3. The van der Waals surface area contributed by atoms with Gasteiger partial charge in [-0.15, -0.1) is 0 Å². The lowest BCUT2D eigenvalue weighted by Crippen LogP contribution is -2.08. The number of hydrogen-bond acceptors (Lipinski definition) is 2. The Bertz CT molecular complexity index is 1150. The van der Waals surface area contributed by atoms with Crippen molar-refractivity contribution in [2.75, 3.05) is 0 Å². The Balaban J connectivity index is 1.80. The molecule has 0 aliphatic rings. The summed E-state index contributed by atoms with van der Waals surface area (Å²) in [5.41, 5.74) is 2.41. The maximum Gasteiger partial charge on any atom is 0.336 e. The van der Waals surface area contributed by atoms with E-state index in [-0.39, 0.29) is 11.1 Å².